The highest BCUT2D eigenvalue weighted by Crippen LogP contribution is 2.35. The molecule has 1 atom stereocenters. The molecule has 1 aromatic carbocycles. The van der Waals surface area contributed by atoms with Gasteiger partial charge in [0.25, 0.3) is 0 Å². The van der Waals surface area contributed by atoms with Gasteiger partial charge in [0.1, 0.15) is 5.82 Å². The van der Waals surface area contributed by atoms with Crippen molar-refractivity contribution in [3.8, 4) is 0 Å². The second-order valence-corrected chi connectivity index (χ2v) is 6.56. The topological polar surface area (TPSA) is 15.3 Å². The van der Waals surface area contributed by atoms with Crippen LogP contribution in [0, 0.1) is 5.82 Å². The number of hydrogen-bond donors (Lipinski definition) is 1. The molecule has 1 saturated carbocycles. The average molecular weight is 330 g/mol. The van der Waals surface area contributed by atoms with Gasteiger partial charge in [0.2, 0.25) is 0 Å². The minimum atomic E-state index is -4.45. The van der Waals surface area contributed by atoms with E-state index in [-0.39, 0.29) is 18.2 Å². The third-order valence-corrected chi connectivity index (χ3v) is 5.02. The SMILES string of the molecule is Fc1ccc(C(F)(F)F)c(CN(C2CCCC2)[C@H]2CCNC2)c1. The smallest absolute Gasteiger partial charge is 0.315 e. The highest BCUT2D eigenvalue weighted by molar-refractivity contribution is 5.30. The molecule has 0 spiro atoms. The molecule has 1 aliphatic heterocycles. The van der Waals surface area contributed by atoms with Crippen LogP contribution in [0.15, 0.2) is 18.2 Å². The molecule has 128 valence electrons. The Labute approximate surface area is 133 Å². The Bertz CT molecular complexity index is 516. The lowest BCUT2D eigenvalue weighted by Gasteiger charge is -2.34. The van der Waals surface area contributed by atoms with E-state index >= 15 is 0 Å². The summed E-state index contributed by atoms with van der Waals surface area (Å²) in [6.45, 7) is 1.86. The van der Waals surface area contributed by atoms with E-state index in [0.717, 1.165) is 63.4 Å². The van der Waals surface area contributed by atoms with E-state index in [2.05, 4.69) is 10.2 Å². The van der Waals surface area contributed by atoms with Crippen LogP contribution in [0.4, 0.5) is 17.6 Å². The molecule has 0 unspecified atom stereocenters. The normalized spacial score (nSPS) is 23.1. The van der Waals surface area contributed by atoms with Crippen LogP contribution in [0.2, 0.25) is 0 Å². The van der Waals surface area contributed by atoms with Crippen LogP contribution in [0.1, 0.15) is 43.2 Å². The average Bonchev–Trinajstić information content (AvgIpc) is 3.17. The van der Waals surface area contributed by atoms with Gasteiger partial charge in [-0.1, -0.05) is 12.8 Å². The van der Waals surface area contributed by atoms with Gasteiger partial charge in [-0.05, 0) is 49.6 Å². The minimum absolute atomic E-state index is 0.0521. The predicted molar refractivity (Wildman–Crippen MR) is 80.5 cm³/mol. The zero-order valence-electron chi connectivity index (χ0n) is 13.0. The lowest BCUT2D eigenvalue weighted by molar-refractivity contribution is -0.138. The molecular formula is C17H22F4N2. The van der Waals surface area contributed by atoms with Gasteiger partial charge in [-0.2, -0.15) is 13.2 Å². The van der Waals surface area contributed by atoms with Crippen molar-refractivity contribution in [3.63, 3.8) is 0 Å². The van der Waals surface area contributed by atoms with Crippen LogP contribution < -0.4 is 5.32 Å². The molecule has 1 N–H and O–H groups in total. The summed E-state index contributed by atoms with van der Waals surface area (Å²) < 4.78 is 53.2. The van der Waals surface area contributed by atoms with Gasteiger partial charge in [-0.3, -0.25) is 4.90 Å². The predicted octanol–water partition coefficient (Wildman–Crippen LogP) is 3.95. The van der Waals surface area contributed by atoms with Crippen molar-refractivity contribution in [2.45, 2.75) is 56.9 Å². The third-order valence-electron chi connectivity index (χ3n) is 5.02. The number of rotatable bonds is 4. The molecule has 0 amide bonds. The fourth-order valence-corrected chi connectivity index (χ4v) is 3.88. The quantitative estimate of drug-likeness (QED) is 0.841. The van der Waals surface area contributed by atoms with E-state index in [4.69, 9.17) is 0 Å². The maximum Gasteiger partial charge on any atom is 0.416 e. The number of nitrogens with one attached hydrogen (secondary N) is 1. The summed E-state index contributed by atoms with van der Waals surface area (Å²) in [5, 5.41) is 3.28. The van der Waals surface area contributed by atoms with Gasteiger partial charge in [0.05, 0.1) is 5.56 Å². The Morgan fingerprint density at radius 3 is 2.43 bits per heavy atom. The second kappa shape index (κ2) is 6.77. The maximum absolute atomic E-state index is 13.5. The summed E-state index contributed by atoms with van der Waals surface area (Å²) in [6.07, 6.45) is 0.777. The van der Waals surface area contributed by atoms with Crippen molar-refractivity contribution < 1.29 is 17.6 Å². The van der Waals surface area contributed by atoms with Crippen LogP contribution >= 0.6 is 0 Å². The van der Waals surface area contributed by atoms with Crippen LogP contribution in [0.25, 0.3) is 0 Å². The lowest BCUT2D eigenvalue weighted by Crippen LogP contribution is -2.43. The van der Waals surface area contributed by atoms with E-state index in [1.54, 1.807) is 0 Å². The van der Waals surface area contributed by atoms with Crippen molar-refractivity contribution in [2.24, 2.45) is 0 Å². The molecule has 3 rings (SSSR count). The van der Waals surface area contributed by atoms with E-state index in [1.165, 1.54) is 0 Å². The zero-order valence-corrected chi connectivity index (χ0v) is 13.0. The fraction of sp³-hybridized carbons (Fsp3) is 0.647. The number of halogens is 4. The van der Waals surface area contributed by atoms with Crippen molar-refractivity contribution in [2.75, 3.05) is 13.1 Å². The van der Waals surface area contributed by atoms with Gasteiger partial charge in [0, 0.05) is 25.2 Å². The van der Waals surface area contributed by atoms with Gasteiger partial charge in [0.15, 0.2) is 0 Å². The van der Waals surface area contributed by atoms with Crippen molar-refractivity contribution in [1.82, 2.24) is 10.2 Å². The molecule has 0 aromatic heterocycles. The molecule has 2 fully saturated rings. The second-order valence-electron chi connectivity index (χ2n) is 6.56. The number of benzene rings is 1. The Morgan fingerprint density at radius 1 is 1.09 bits per heavy atom. The molecule has 2 aliphatic rings. The van der Waals surface area contributed by atoms with Gasteiger partial charge >= 0.3 is 6.18 Å². The number of alkyl halides is 3. The Kier molecular flexibility index (Phi) is 4.92. The van der Waals surface area contributed by atoms with Crippen LogP contribution in [-0.2, 0) is 12.7 Å². The first-order valence-corrected chi connectivity index (χ1v) is 8.27. The molecule has 2 nitrogen and oxygen atoms in total. The Hall–Kier alpha value is -1.14. The molecule has 6 heteroatoms. The maximum atomic E-state index is 13.5. The number of nitrogens with zero attached hydrogens (tertiary/aromatic N) is 1. The first kappa shape index (κ1) is 16.7. The van der Waals surface area contributed by atoms with E-state index in [1.807, 2.05) is 0 Å². The number of hydrogen-bond acceptors (Lipinski definition) is 2. The Morgan fingerprint density at radius 2 is 1.83 bits per heavy atom. The van der Waals surface area contributed by atoms with Crippen molar-refractivity contribution in [1.29, 1.82) is 0 Å². The summed E-state index contributed by atoms with van der Waals surface area (Å²) in [4.78, 5) is 2.18. The summed E-state index contributed by atoms with van der Waals surface area (Å²) in [5.41, 5.74) is -0.663. The summed E-state index contributed by atoms with van der Waals surface area (Å²) in [6, 6.07) is 3.35. The van der Waals surface area contributed by atoms with Crippen LogP contribution in [0.5, 0.6) is 0 Å². The van der Waals surface area contributed by atoms with Crippen LogP contribution in [0.3, 0.4) is 0 Å². The monoisotopic (exact) mass is 330 g/mol. The highest BCUT2D eigenvalue weighted by atomic mass is 19.4. The zero-order chi connectivity index (χ0) is 16.4. The highest BCUT2D eigenvalue weighted by Gasteiger charge is 2.36. The fourth-order valence-electron chi connectivity index (χ4n) is 3.88. The summed E-state index contributed by atoms with van der Waals surface area (Å²) in [5.74, 6) is -0.607. The first-order valence-electron chi connectivity index (χ1n) is 8.27. The first-order chi connectivity index (χ1) is 10.9. The Balaban J connectivity index is 1.88. The molecule has 0 bridgehead atoms. The summed E-state index contributed by atoms with van der Waals surface area (Å²) >= 11 is 0. The minimum Gasteiger partial charge on any atom is -0.315 e. The molecule has 23 heavy (non-hydrogen) atoms. The molecule has 1 aliphatic carbocycles. The van der Waals surface area contributed by atoms with E-state index < -0.39 is 17.6 Å². The van der Waals surface area contributed by atoms with Crippen molar-refractivity contribution >= 4 is 0 Å². The molecule has 0 radical (unpaired) electrons. The molecule has 1 saturated heterocycles. The molecule has 1 heterocycles. The van der Waals surface area contributed by atoms with Crippen LogP contribution in [-0.4, -0.2) is 30.1 Å². The van der Waals surface area contributed by atoms with Gasteiger partial charge in [-0.15, -0.1) is 0 Å². The third kappa shape index (κ3) is 3.86. The van der Waals surface area contributed by atoms with E-state index in [0.29, 0.717) is 6.04 Å². The molecular weight excluding hydrogens is 308 g/mol. The largest absolute Gasteiger partial charge is 0.416 e. The standard InChI is InChI=1S/C17H22F4N2/c18-13-5-6-16(17(19,20)21)12(9-13)11-23(14-3-1-2-4-14)15-7-8-22-10-15/h5-6,9,14-15,22H,1-4,7-8,10-11H2/t15-/m0/s1. The van der Waals surface area contributed by atoms with Gasteiger partial charge < -0.3 is 5.32 Å². The van der Waals surface area contributed by atoms with Gasteiger partial charge in [-0.25, -0.2) is 4.39 Å². The van der Waals surface area contributed by atoms with E-state index in [9.17, 15) is 17.6 Å². The summed E-state index contributed by atoms with van der Waals surface area (Å²) in [7, 11) is 0. The molecule has 1 aromatic rings. The lowest BCUT2D eigenvalue weighted by atomic mass is 10.0. The van der Waals surface area contributed by atoms with Crippen molar-refractivity contribution in [3.05, 3.63) is 35.1 Å².